The zero-order valence-corrected chi connectivity index (χ0v) is 12.6. The number of nitrogens with one attached hydrogen (secondary N) is 1. The van der Waals surface area contributed by atoms with Crippen LogP contribution in [0.25, 0.3) is 0 Å². The molecule has 3 rings (SSSR count). The van der Waals surface area contributed by atoms with Crippen LogP contribution < -0.4 is 11.2 Å². The third-order valence-electron chi connectivity index (χ3n) is 3.56. The van der Waals surface area contributed by atoms with Gasteiger partial charge in [0.25, 0.3) is 0 Å². The van der Waals surface area contributed by atoms with Crippen LogP contribution in [0.4, 0.5) is 5.69 Å². The van der Waals surface area contributed by atoms with Crippen molar-refractivity contribution in [3.63, 3.8) is 0 Å². The quantitative estimate of drug-likeness (QED) is 0.662. The topological polar surface area (TPSA) is 85.8 Å². The average Bonchev–Trinajstić information content (AvgIpc) is 3.07. The van der Waals surface area contributed by atoms with Crippen LogP contribution in [-0.4, -0.2) is 26.0 Å². The second kappa shape index (κ2) is 5.77. The molecule has 0 spiro atoms. The summed E-state index contributed by atoms with van der Waals surface area (Å²) < 4.78 is 1.31. The van der Waals surface area contributed by atoms with Gasteiger partial charge < -0.3 is 11.2 Å². The SMILES string of the molecule is C[C@H](Sc1nncn1N)C(=O)Nc1ccc2c(c1)CCC2. The summed E-state index contributed by atoms with van der Waals surface area (Å²) in [6.07, 6.45) is 4.85. The summed E-state index contributed by atoms with van der Waals surface area (Å²) in [4.78, 5) is 12.2. The summed E-state index contributed by atoms with van der Waals surface area (Å²) in [6, 6.07) is 6.14. The van der Waals surface area contributed by atoms with Gasteiger partial charge >= 0.3 is 0 Å². The van der Waals surface area contributed by atoms with Crippen molar-refractivity contribution < 1.29 is 4.79 Å². The molecule has 1 aromatic heterocycles. The molecule has 0 aliphatic heterocycles. The van der Waals surface area contributed by atoms with Crippen LogP contribution >= 0.6 is 11.8 Å². The maximum absolute atomic E-state index is 12.2. The molecule has 1 aliphatic rings. The fourth-order valence-electron chi connectivity index (χ4n) is 2.42. The molecule has 7 heteroatoms. The van der Waals surface area contributed by atoms with E-state index in [9.17, 15) is 4.79 Å². The van der Waals surface area contributed by atoms with Crippen LogP contribution in [0.15, 0.2) is 29.7 Å². The van der Waals surface area contributed by atoms with Gasteiger partial charge in [-0.25, -0.2) is 4.68 Å². The van der Waals surface area contributed by atoms with Gasteiger partial charge in [-0.15, -0.1) is 10.2 Å². The lowest BCUT2D eigenvalue weighted by Crippen LogP contribution is -2.23. The molecule has 1 amide bonds. The Hall–Kier alpha value is -2.02. The van der Waals surface area contributed by atoms with Crippen molar-refractivity contribution in [2.75, 3.05) is 11.2 Å². The van der Waals surface area contributed by atoms with Crippen LogP contribution in [0.5, 0.6) is 0 Å². The van der Waals surface area contributed by atoms with E-state index in [1.165, 1.54) is 40.3 Å². The number of carbonyl (C=O) groups is 1. The maximum atomic E-state index is 12.2. The Bertz CT molecular complexity index is 669. The lowest BCUT2D eigenvalue weighted by Gasteiger charge is -2.12. The standard InChI is InChI=1S/C14H17N5OS/c1-9(21-14-18-16-8-19(14)15)13(20)17-12-6-5-10-3-2-4-11(10)7-12/h5-9H,2-4,15H2,1H3,(H,17,20)/t9-/m0/s1. The second-order valence-corrected chi connectivity index (χ2v) is 6.42. The Morgan fingerprint density at radius 2 is 2.24 bits per heavy atom. The molecule has 0 unspecified atom stereocenters. The van der Waals surface area contributed by atoms with Crippen molar-refractivity contribution in [3.05, 3.63) is 35.7 Å². The Kier molecular flexibility index (Phi) is 3.83. The van der Waals surface area contributed by atoms with Gasteiger partial charge in [-0.1, -0.05) is 17.8 Å². The zero-order chi connectivity index (χ0) is 14.8. The summed E-state index contributed by atoms with van der Waals surface area (Å²) in [5, 5.41) is 10.7. The fraction of sp³-hybridized carbons (Fsp3) is 0.357. The number of amides is 1. The minimum Gasteiger partial charge on any atom is -0.336 e. The van der Waals surface area contributed by atoms with Gasteiger partial charge in [0.2, 0.25) is 11.1 Å². The number of aryl methyl sites for hydroxylation is 2. The molecular formula is C14H17N5OS. The molecule has 3 N–H and O–H groups in total. The molecule has 0 fully saturated rings. The molecule has 1 atom stereocenters. The molecule has 110 valence electrons. The molecular weight excluding hydrogens is 286 g/mol. The Labute approximate surface area is 127 Å². The molecule has 1 aromatic carbocycles. The van der Waals surface area contributed by atoms with E-state index < -0.39 is 0 Å². The van der Waals surface area contributed by atoms with E-state index in [1.54, 1.807) is 0 Å². The van der Waals surface area contributed by atoms with E-state index in [1.807, 2.05) is 13.0 Å². The first-order chi connectivity index (χ1) is 10.1. The van der Waals surface area contributed by atoms with E-state index >= 15 is 0 Å². The number of hydrogen-bond donors (Lipinski definition) is 2. The second-order valence-electron chi connectivity index (χ2n) is 5.11. The highest BCUT2D eigenvalue weighted by Crippen LogP contribution is 2.26. The summed E-state index contributed by atoms with van der Waals surface area (Å²) >= 11 is 1.28. The van der Waals surface area contributed by atoms with Crippen molar-refractivity contribution in [1.82, 2.24) is 14.9 Å². The molecule has 2 aromatic rings. The smallest absolute Gasteiger partial charge is 0.237 e. The highest BCUT2D eigenvalue weighted by Gasteiger charge is 2.18. The Morgan fingerprint density at radius 3 is 3.00 bits per heavy atom. The van der Waals surface area contributed by atoms with Gasteiger partial charge in [-0.05, 0) is 49.4 Å². The number of nitrogen functional groups attached to an aromatic ring is 1. The van der Waals surface area contributed by atoms with Gasteiger partial charge in [0, 0.05) is 5.69 Å². The van der Waals surface area contributed by atoms with Crippen LogP contribution in [-0.2, 0) is 17.6 Å². The summed E-state index contributed by atoms with van der Waals surface area (Å²) in [5.41, 5.74) is 3.59. The molecule has 1 aliphatic carbocycles. The van der Waals surface area contributed by atoms with E-state index in [2.05, 4.69) is 27.6 Å². The number of nitrogens with two attached hydrogens (primary N) is 1. The fourth-order valence-corrected chi connectivity index (χ4v) is 3.17. The number of nitrogens with zero attached hydrogens (tertiary/aromatic N) is 3. The minimum absolute atomic E-state index is 0.0686. The predicted molar refractivity (Wildman–Crippen MR) is 82.6 cm³/mol. The van der Waals surface area contributed by atoms with Crippen LogP contribution in [0, 0.1) is 0 Å². The van der Waals surface area contributed by atoms with Gasteiger partial charge in [0.1, 0.15) is 6.33 Å². The van der Waals surface area contributed by atoms with Crippen molar-refractivity contribution >= 4 is 23.4 Å². The van der Waals surface area contributed by atoms with Crippen LogP contribution in [0.3, 0.4) is 0 Å². The largest absolute Gasteiger partial charge is 0.336 e. The third-order valence-corrected chi connectivity index (χ3v) is 4.63. The van der Waals surface area contributed by atoms with Gasteiger partial charge in [-0.2, -0.15) is 0 Å². The number of aromatic nitrogens is 3. The van der Waals surface area contributed by atoms with E-state index in [0.717, 1.165) is 18.5 Å². The molecule has 6 nitrogen and oxygen atoms in total. The maximum Gasteiger partial charge on any atom is 0.237 e. The number of carbonyl (C=O) groups excluding carboxylic acids is 1. The first-order valence-electron chi connectivity index (χ1n) is 6.88. The molecule has 0 saturated carbocycles. The monoisotopic (exact) mass is 303 g/mol. The van der Waals surface area contributed by atoms with E-state index in [0.29, 0.717) is 5.16 Å². The number of benzene rings is 1. The molecule has 1 heterocycles. The molecule has 0 bridgehead atoms. The van der Waals surface area contributed by atoms with Gasteiger partial charge in [0.15, 0.2) is 0 Å². The van der Waals surface area contributed by atoms with Crippen molar-refractivity contribution in [3.8, 4) is 0 Å². The van der Waals surface area contributed by atoms with E-state index in [4.69, 9.17) is 5.84 Å². The van der Waals surface area contributed by atoms with Gasteiger partial charge in [0.05, 0.1) is 5.25 Å². The molecule has 21 heavy (non-hydrogen) atoms. The number of rotatable bonds is 4. The number of anilines is 1. The number of thioether (sulfide) groups is 1. The average molecular weight is 303 g/mol. The zero-order valence-electron chi connectivity index (χ0n) is 11.7. The van der Waals surface area contributed by atoms with Crippen molar-refractivity contribution in [2.24, 2.45) is 0 Å². The van der Waals surface area contributed by atoms with Crippen LogP contribution in [0.2, 0.25) is 0 Å². The summed E-state index contributed by atoms with van der Waals surface area (Å²) in [5.74, 6) is 5.57. The Balaban J connectivity index is 1.64. The van der Waals surface area contributed by atoms with Crippen LogP contribution in [0.1, 0.15) is 24.5 Å². The molecule has 0 radical (unpaired) electrons. The van der Waals surface area contributed by atoms with E-state index in [-0.39, 0.29) is 11.2 Å². The highest BCUT2D eigenvalue weighted by molar-refractivity contribution is 8.00. The first kappa shape index (κ1) is 13.9. The van der Waals surface area contributed by atoms with Gasteiger partial charge in [-0.3, -0.25) is 4.79 Å². The predicted octanol–water partition coefficient (Wildman–Crippen LogP) is 1.60. The number of fused-ring (bicyclic) bond motifs is 1. The lowest BCUT2D eigenvalue weighted by atomic mass is 10.1. The summed E-state index contributed by atoms with van der Waals surface area (Å²) in [6.45, 7) is 1.82. The van der Waals surface area contributed by atoms with Crippen molar-refractivity contribution in [1.29, 1.82) is 0 Å². The normalized spacial score (nSPS) is 14.7. The number of hydrogen-bond acceptors (Lipinski definition) is 5. The van der Waals surface area contributed by atoms with Crippen molar-refractivity contribution in [2.45, 2.75) is 36.6 Å². The first-order valence-corrected chi connectivity index (χ1v) is 7.76. The summed E-state index contributed by atoms with van der Waals surface area (Å²) in [7, 11) is 0. The Morgan fingerprint density at radius 1 is 1.43 bits per heavy atom. The molecule has 0 saturated heterocycles. The third kappa shape index (κ3) is 3.02. The minimum atomic E-state index is -0.301. The lowest BCUT2D eigenvalue weighted by molar-refractivity contribution is -0.115. The highest BCUT2D eigenvalue weighted by atomic mass is 32.2.